The summed E-state index contributed by atoms with van der Waals surface area (Å²) in [4.78, 5) is 32.0. The summed E-state index contributed by atoms with van der Waals surface area (Å²) < 4.78 is 31.2. The van der Waals surface area contributed by atoms with Crippen LogP contribution < -0.4 is 14.5 Å². The fourth-order valence-corrected chi connectivity index (χ4v) is 11.4. The molecule has 1 unspecified atom stereocenters. The SMILES string of the molecule is CC(C)=CCC/C(C)=C/CN1C(=O)[C@@]2(O[C@@H](CCn3cc(C(CO)c4ccccc4)nn3)[C@H]([Si](C)(C)F)[C@H]2C)c2cc(N3C(=O)COc4ccccc43)ccc21. The Hall–Kier alpha value is -4.91. The van der Waals surface area contributed by atoms with Crippen molar-refractivity contribution in [2.45, 2.75) is 89.8 Å². The van der Waals surface area contributed by atoms with Gasteiger partial charge in [0.05, 0.1) is 35.7 Å². The summed E-state index contributed by atoms with van der Waals surface area (Å²) in [5.74, 6) is -0.699. The third kappa shape index (κ3) is 7.37. The molecule has 0 bridgehead atoms. The van der Waals surface area contributed by atoms with Gasteiger partial charge in [0.15, 0.2) is 12.2 Å². The molecule has 3 aliphatic rings. The Kier molecular flexibility index (Phi) is 11.2. The normalized spacial score (nSPS) is 22.6. The molecule has 56 heavy (non-hydrogen) atoms. The first kappa shape index (κ1) is 39.3. The summed E-state index contributed by atoms with van der Waals surface area (Å²) in [5.41, 5.74) is 4.56. The summed E-state index contributed by atoms with van der Waals surface area (Å²) in [6.07, 6.45) is 7.71. The lowest BCUT2D eigenvalue weighted by Gasteiger charge is -2.32. The minimum absolute atomic E-state index is 0.117. The van der Waals surface area contributed by atoms with Crippen LogP contribution in [0, 0.1) is 5.92 Å². The maximum Gasteiger partial charge on any atom is 0.269 e. The molecule has 10 nitrogen and oxygen atoms in total. The van der Waals surface area contributed by atoms with E-state index in [9.17, 15) is 9.90 Å². The Bertz CT molecular complexity index is 2140. The van der Waals surface area contributed by atoms with E-state index in [1.807, 2.05) is 85.9 Å². The smallest absolute Gasteiger partial charge is 0.269 e. The number of hydrogen-bond donors (Lipinski definition) is 1. The molecule has 1 aromatic heterocycles. The van der Waals surface area contributed by atoms with Gasteiger partial charge >= 0.3 is 0 Å². The minimum atomic E-state index is -3.46. The summed E-state index contributed by atoms with van der Waals surface area (Å²) in [6, 6.07) is 22.7. The largest absolute Gasteiger partial charge is 0.482 e. The van der Waals surface area contributed by atoms with E-state index in [1.165, 1.54) is 11.1 Å². The second-order valence-corrected chi connectivity index (χ2v) is 19.9. The van der Waals surface area contributed by atoms with Gasteiger partial charge in [-0.2, -0.15) is 0 Å². The highest BCUT2D eigenvalue weighted by Crippen LogP contribution is 2.61. The highest BCUT2D eigenvalue weighted by Gasteiger charge is 2.66. The number of hydrogen-bond acceptors (Lipinski definition) is 7. The van der Waals surface area contributed by atoms with Gasteiger partial charge in [-0.1, -0.05) is 77.9 Å². The quantitative estimate of drug-likeness (QED) is 0.0826. The Morgan fingerprint density at radius 3 is 2.52 bits per heavy atom. The molecule has 12 heteroatoms. The van der Waals surface area contributed by atoms with E-state index in [0.717, 1.165) is 18.4 Å². The van der Waals surface area contributed by atoms with Crippen molar-refractivity contribution in [1.29, 1.82) is 0 Å². The van der Waals surface area contributed by atoms with E-state index < -0.39 is 31.6 Å². The van der Waals surface area contributed by atoms with Gasteiger partial charge in [0.1, 0.15) is 5.75 Å². The van der Waals surface area contributed by atoms with Crippen LogP contribution in [-0.2, 0) is 26.5 Å². The number of aliphatic hydroxyl groups excluding tert-OH is 1. The number of para-hydroxylation sites is 2. The second-order valence-electron chi connectivity index (χ2n) is 16.1. The molecule has 2 amide bonds. The topological polar surface area (TPSA) is 110 Å². The molecule has 0 aliphatic carbocycles. The molecule has 4 aromatic rings. The summed E-state index contributed by atoms with van der Waals surface area (Å²) in [6.45, 7) is 12.1. The zero-order valence-corrected chi connectivity index (χ0v) is 34.1. The van der Waals surface area contributed by atoms with Gasteiger partial charge in [-0.05, 0) is 89.0 Å². The summed E-state index contributed by atoms with van der Waals surface area (Å²) in [5, 5.41) is 19.0. The lowest BCUT2D eigenvalue weighted by Crippen LogP contribution is -2.45. The number of aryl methyl sites for hydroxylation is 1. The maximum absolute atomic E-state index is 16.7. The number of allylic oxidation sites excluding steroid dienone is 3. The van der Waals surface area contributed by atoms with Crippen molar-refractivity contribution in [3.63, 3.8) is 0 Å². The van der Waals surface area contributed by atoms with E-state index in [-0.39, 0.29) is 30.9 Å². The second kappa shape index (κ2) is 15.9. The van der Waals surface area contributed by atoms with E-state index >= 15 is 8.90 Å². The lowest BCUT2D eigenvalue weighted by atomic mass is 9.82. The predicted molar refractivity (Wildman–Crippen MR) is 218 cm³/mol. The Balaban J connectivity index is 1.24. The number of carbonyl (C=O) groups excluding carboxylic acids is 2. The van der Waals surface area contributed by atoms with E-state index in [2.05, 4.69) is 43.2 Å². The van der Waals surface area contributed by atoms with Gasteiger partial charge in [0.25, 0.3) is 11.8 Å². The van der Waals surface area contributed by atoms with Gasteiger partial charge in [-0.3, -0.25) is 19.2 Å². The van der Waals surface area contributed by atoms with Crippen LogP contribution in [0.3, 0.4) is 0 Å². The number of ether oxygens (including phenoxy) is 2. The molecule has 294 valence electrons. The maximum atomic E-state index is 16.7. The Morgan fingerprint density at radius 1 is 1.04 bits per heavy atom. The fourth-order valence-electron chi connectivity index (χ4n) is 8.85. The first-order chi connectivity index (χ1) is 26.8. The molecular weight excluding hydrogens is 726 g/mol. The Morgan fingerprint density at radius 2 is 1.79 bits per heavy atom. The van der Waals surface area contributed by atoms with Crippen LogP contribution in [0.5, 0.6) is 5.75 Å². The van der Waals surface area contributed by atoms with Crippen LogP contribution in [-0.4, -0.2) is 66.2 Å². The number of aromatic nitrogens is 3. The molecule has 1 spiro atoms. The van der Waals surface area contributed by atoms with E-state index in [0.29, 0.717) is 53.6 Å². The van der Waals surface area contributed by atoms with E-state index in [1.54, 1.807) is 27.6 Å². The van der Waals surface area contributed by atoms with Crippen molar-refractivity contribution in [1.82, 2.24) is 15.0 Å². The van der Waals surface area contributed by atoms with Gasteiger partial charge in [-0.25, -0.2) is 0 Å². The number of benzene rings is 3. The van der Waals surface area contributed by atoms with Crippen molar-refractivity contribution < 1.29 is 28.3 Å². The summed E-state index contributed by atoms with van der Waals surface area (Å²) in [7, 11) is -3.46. The van der Waals surface area contributed by atoms with E-state index in [4.69, 9.17) is 9.47 Å². The average Bonchev–Trinajstić information content (AvgIpc) is 3.83. The number of halogens is 1. The van der Waals surface area contributed by atoms with Gasteiger partial charge in [0, 0.05) is 42.0 Å². The minimum Gasteiger partial charge on any atom is -0.482 e. The zero-order valence-electron chi connectivity index (χ0n) is 33.1. The van der Waals surface area contributed by atoms with Crippen LogP contribution in [0.1, 0.15) is 69.7 Å². The predicted octanol–water partition coefficient (Wildman–Crippen LogP) is 8.36. The van der Waals surface area contributed by atoms with Gasteiger partial charge in [-0.15, -0.1) is 5.10 Å². The molecule has 1 fully saturated rings. The number of rotatable bonds is 13. The molecule has 1 N–H and O–H groups in total. The number of amides is 2. The fraction of sp³-hybridized carbons (Fsp3) is 0.409. The molecule has 5 atom stereocenters. The van der Waals surface area contributed by atoms with Crippen molar-refractivity contribution >= 4 is 37.3 Å². The van der Waals surface area contributed by atoms with Crippen LogP contribution in [0.15, 0.2) is 102 Å². The van der Waals surface area contributed by atoms with Crippen molar-refractivity contribution in [3.05, 3.63) is 119 Å². The van der Waals surface area contributed by atoms with Crippen LogP contribution in [0.2, 0.25) is 18.6 Å². The number of anilines is 3. The molecule has 0 radical (unpaired) electrons. The van der Waals surface area contributed by atoms with Crippen LogP contribution in [0.25, 0.3) is 0 Å². The van der Waals surface area contributed by atoms with Crippen LogP contribution in [0.4, 0.5) is 21.2 Å². The van der Waals surface area contributed by atoms with Gasteiger partial charge < -0.3 is 23.6 Å². The molecule has 3 aliphatic heterocycles. The highest BCUT2D eigenvalue weighted by atomic mass is 28.4. The standard InChI is InChI=1S/C44H52FN5O5Si/c1-29(2)13-12-14-30(3)21-24-49-37-20-19-33(50-38-17-10-11-18-39(38)54-28-41(50)52)25-35(37)44(43(49)53)31(4)42(56(5,6)45)40(55-44)22-23-48-26-36(46-47-48)34(27-51)32-15-8-7-9-16-32/h7-11,13,15-21,25-26,31,34,40,42,51H,12,14,22-24,27-28H2,1-6H3/b30-21+/t31-,34?,40+,42-,44+/m1/s1. The summed E-state index contributed by atoms with van der Waals surface area (Å²) >= 11 is 0. The molecular formula is C44H52FN5O5Si. The average molecular weight is 778 g/mol. The third-order valence-electron chi connectivity index (χ3n) is 11.6. The number of nitrogens with zero attached hydrogens (tertiary/aromatic N) is 5. The molecule has 4 heterocycles. The van der Waals surface area contributed by atoms with Gasteiger partial charge in [0.2, 0.25) is 8.41 Å². The number of fused-ring (bicyclic) bond motifs is 3. The molecule has 1 saturated heterocycles. The third-order valence-corrected chi connectivity index (χ3v) is 14.0. The van der Waals surface area contributed by atoms with Crippen LogP contribution >= 0.6 is 0 Å². The highest BCUT2D eigenvalue weighted by molar-refractivity contribution is 6.72. The number of carbonyl (C=O) groups is 2. The number of aliphatic hydroxyl groups is 1. The molecule has 7 rings (SSSR count). The lowest BCUT2D eigenvalue weighted by molar-refractivity contribution is -0.145. The monoisotopic (exact) mass is 777 g/mol. The van der Waals surface area contributed by atoms with Crippen molar-refractivity contribution in [3.8, 4) is 5.75 Å². The first-order valence-electron chi connectivity index (χ1n) is 19.6. The molecule has 3 aromatic carbocycles. The molecule has 0 saturated carbocycles. The Labute approximate surface area is 329 Å². The first-order valence-corrected chi connectivity index (χ1v) is 22.5. The van der Waals surface area contributed by atoms with Crippen molar-refractivity contribution in [2.24, 2.45) is 5.92 Å². The van der Waals surface area contributed by atoms with Crippen molar-refractivity contribution in [2.75, 3.05) is 29.6 Å². The zero-order chi connectivity index (χ0) is 39.8.